The van der Waals surface area contributed by atoms with Crippen LogP contribution in [0.1, 0.15) is 11.1 Å². The molecule has 7 heteroatoms. The van der Waals surface area contributed by atoms with Gasteiger partial charge in [0.15, 0.2) is 5.82 Å². The maximum absolute atomic E-state index is 11.9. The molecule has 7 nitrogen and oxygen atoms in total. The van der Waals surface area contributed by atoms with E-state index in [4.69, 9.17) is 9.72 Å². The van der Waals surface area contributed by atoms with Crippen molar-refractivity contribution in [1.82, 2.24) is 15.2 Å². The number of aromatic nitrogens is 3. The maximum atomic E-state index is 11.9. The number of rotatable bonds is 10. The van der Waals surface area contributed by atoms with Gasteiger partial charge in [-0.2, -0.15) is 5.10 Å². The molecular weight excluding hydrogens is 534 g/mol. The zero-order valence-electron chi connectivity index (χ0n) is 23.3. The number of nitrogens with zero attached hydrogens (tertiary/aromatic N) is 2. The number of H-pyrrole nitrogens is 1. The van der Waals surface area contributed by atoms with Gasteiger partial charge in [-0.3, -0.25) is 9.89 Å². The van der Waals surface area contributed by atoms with Crippen LogP contribution in [0.25, 0.3) is 22.5 Å². The molecule has 0 spiro atoms. The van der Waals surface area contributed by atoms with Gasteiger partial charge in [-0.1, -0.05) is 67.2 Å². The van der Waals surface area contributed by atoms with Crippen molar-refractivity contribution in [3.63, 3.8) is 0 Å². The van der Waals surface area contributed by atoms with Gasteiger partial charge in [-0.25, -0.2) is 4.98 Å². The molecule has 1 amide bonds. The number of anilines is 3. The second-order valence-electron chi connectivity index (χ2n) is 9.91. The van der Waals surface area contributed by atoms with Crippen LogP contribution in [0.5, 0.6) is 11.5 Å². The second kappa shape index (κ2) is 12.7. The molecule has 0 fully saturated rings. The third-order valence-electron chi connectivity index (χ3n) is 6.73. The van der Waals surface area contributed by atoms with Crippen molar-refractivity contribution in [2.45, 2.75) is 6.42 Å². The van der Waals surface area contributed by atoms with Crippen molar-refractivity contribution in [3.05, 3.63) is 151 Å². The van der Waals surface area contributed by atoms with Crippen LogP contribution in [0.4, 0.5) is 17.3 Å². The minimum atomic E-state index is -0.266. The summed E-state index contributed by atoms with van der Waals surface area (Å²) in [5.74, 6) is 2.58. The summed E-state index contributed by atoms with van der Waals surface area (Å²) in [7, 11) is 0. The van der Waals surface area contributed by atoms with E-state index in [1.165, 1.54) is 11.6 Å². The summed E-state index contributed by atoms with van der Waals surface area (Å²) >= 11 is 0. The van der Waals surface area contributed by atoms with E-state index < -0.39 is 0 Å². The molecule has 2 heterocycles. The molecule has 0 aliphatic heterocycles. The lowest BCUT2D eigenvalue weighted by Gasteiger charge is -2.11. The number of para-hydroxylation sites is 1. The van der Waals surface area contributed by atoms with Gasteiger partial charge in [0.05, 0.1) is 11.4 Å². The average Bonchev–Trinajstić information content (AvgIpc) is 3.51. The molecule has 2 aromatic heterocycles. The molecule has 0 saturated carbocycles. The van der Waals surface area contributed by atoms with Crippen LogP contribution in [0.15, 0.2) is 140 Å². The monoisotopic (exact) mass is 563 g/mol. The van der Waals surface area contributed by atoms with Crippen molar-refractivity contribution in [3.8, 4) is 34.0 Å². The highest BCUT2D eigenvalue weighted by atomic mass is 16.5. The zero-order valence-corrected chi connectivity index (χ0v) is 23.3. The summed E-state index contributed by atoms with van der Waals surface area (Å²) in [6.07, 6.45) is 1.99. The van der Waals surface area contributed by atoms with Crippen LogP contribution < -0.4 is 15.4 Å². The first-order chi connectivity index (χ1) is 21.1. The highest BCUT2D eigenvalue weighted by Crippen LogP contribution is 2.29. The van der Waals surface area contributed by atoms with E-state index in [1.54, 1.807) is 0 Å². The van der Waals surface area contributed by atoms with Crippen molar-refractivity contribution < 1.29 is 9.53 Å². The fourth-order valence-corrected chi connectivity index (χ4v) is 4.67. The Balaban J connectivity index is 1.25. The van der Waals surface area contributed by atoms with Gasteiger partial charge in [0.25, 0.3) is 0 Å². The standard InChI is InChI=1S/C36H29N5O2/c1-2-36(42)37-29-13-9-12-28(23-29)32-21-26(20-25-10-5-3-6-11-25)22-34(38-32)39-35-24-33(40-41-35)27-16-18-31(19-17-27)43-30-14-7-4-8-15-30/h2-19,21-24H,1,20H2,(H,37,42)(H2,38,39,40,41). The molecule has 43 heavy (non-hydrogen) atoms. The summed E-state index contributed by atoms with van der Waals surface area (Å²) in [5.41, 5.74) is 6.44. The Kier molecular flexibility index (Phi) is 8.04. The third kappa shape index (κ3) is 7.04. The normalized spacial score (nSPS) is 10.6. The largest absolute Gasteiger partial charge is 0.457 e. The smallest absolute Gasteiger partial charge is 0.247 e. The Morgan fingerprint density at radius 1 is 0.744 bits per heavy atom. The quantitative estimate of drug-likeness (QED) is 0.146. The lowest BCUT2D eigenvalue weighted by molar-refractivity contribution is -0.111. The molecule has 0 aliphatic carbocycles. The van der Waals surface area contributed by atoms with E-state index in [1.807, 2.05) is 109 Å². The minimum Gasteiger partial charge on any atom is -0.457 e. The van der Waals surface area contributed by atoms with Crippen LogP contribution in [0, 0.1) is 0 Å². The molecule has 6 rings (SSSR count). The molecule has 0 bridgehead atoms. The number of nitrogens with one attached hydrogen (secondary N) is 3. The van der Waals surface area contributed by atoms with Gasteiger partial charge < -0.3 is 15.4 Å². The van der Waals surface area contributed by atoms with Gasteiger partial charge in [-0.05, 0) is 89.9 Å². The molecular formula is C36H29N5O2. The number of ether oxygens (including phenoxy) is 1. The van der Waals surface area contributed by atoms with Crippen molar-refractivity contribution in [2.24, 2.45) is 0 Å². The SMILES string of the molecule is C=CC(=O)Nc1cccc(-c2cc(Cc3ccccc3)cc(Nc3cc(-c4ccc(Oc5ccccc5)cc4)[nH]n3)n2)c1. The van der Waals surface area contributed by atoms with Crippen molar-refractivity contribution in [2.75, 3.05) is 10.6 Å². The van der Waals surface area contributed by atoms with Gasteiger partial charge in [-0.15, -0.1) is 0 Å². The third-order valence-corrected chi connectivity index (χ3v) is 6.73. The highest BCUT2D eigenvalue weighted by molar-refractivity contribution is 5.99. The maximum Gasteiger partial charge on any atom is 0.247 e. The van der Waals surface area contributed by atoms with Gasteiger partial charge in [0.2, 0.25) is 5.91 Å². The predicted molar refractivity (Wildman–Crippen MR) is 172 cm³/mol. The number of hydrogen-bond donors (Lipinski definition) is 3. The second-order valence-corrected chi connectivity index (χ2v) is 9.91. The summed E-state index contributed by atoms with van der Waals surface area (Å²) in [6, 6.07) is 41.5. The molecule has 3 N–H and O–H groups in total. The molecule has 0 aliphatic rings. The van der Waals surface area contributed by atoms with Crippen LogP contribution in [-0.4, -0.2) is 21.1 Å². The number of carbonyl (C=O) groups excluding carboxylic acids is 1. The fraction of sp³-hybridized carbons (Fsp3) is 0.0278. The predicted octanol–water partition coefficient (Wildman–Crippen LogP) is 8.39. The summed E-state index contributed by atoms with van der Waals surface area (Å²) in [6.45, 7) is 3.53. The molecule has 6 aromatic rings. The van der Waals surface area contributed by atoms with E-state index in [-0.39, 0.29) is 5.91 Å². The lowest BCUT2D eigenvalue weighted by Crippen LogP contribution is -2.07. The van der Waals surface area contributed by atoms with Crippen molar-refractivity contribution >= 4 is 23.2 Å². The van der Waals surface area contributed by atoms with Crippen LogP contribution in [0.3, 0.4) is 0 Å². The number of hydrogen-bond acceptors (Lipinski definition) is 5. The molecule has 0 atom stereocenters. The summed E-state index contributed by atoms with van der Waals surface area (Å²) in [4.78, 5) is 16.8. The van der Waals surface area contributed by atoms with Gasteiger partial charge in [0.1, 0.15) is 17.3 Å². The molecule has 4 aromatic carbocycles. The Bertz CT molecular complexity index is 1850. The van der Waals surface area contributed by atoms with E-state index in [2.05, 4.69) is 45.6 Å². The number of pyridine rings is 1. The molecule has 0 unspecified atom stereocenters. The first-order valence-electron chi connectivity index (χ1n) is 13.9. The lowest BCUT2D eigenvalue weighted by atomic mass is 10.0. The molecule has 210 valence electrons. The summed E-state index contributed by atoms with van der Waals surface area (Å²) < 4.78 is 5.92. The highest BCUT2D eigenvalue weighted by Gasteiger charge is 2.11. The van der Waals surface area contributed by atoms with Crippen LogP contribution in [0.2, 0.25) is 0 Å². The number of benzene rings is 4. The van der Waals surface area contributed by atoms with E-state index >= 15 is 0 Å². The molecule has 0 radical (unpaired) electrons. The Morgan fingerprint density at radius 2 is 1.49 bits per heavy atom. The van der Waals surface area contributed by atoms with E-state index in [9.17, 15) is 4.79 Å². The zero-order chi connectivity index (χ0) is 29.4. The van der Waals surface area contributed by atoms with Gasteiger partial charge >= 0.3 is 0 Å². The first kappa shape index (κ1) is 27.2. The summed E-state index contributed by atoms with van der Waals surface area (Å²) in [5, 5.41) is 13.8. The van der Waals surface area contributed by atoms with E-state index in [0.717, 1.165) is 46.0 Å². The minimum absolute atomic E-state index is 0.266. The number of aromatic amines is 1. The van der Waals surface area contributed by atoms with Gasteiger partial charge in [0, 0.05) is 17.3 Å². The molecule has 0 saturated heterocycles. The van der Waals surface area contributed by atoms with Crippen LogP contribution in [-0.2, 0) is 11.2 Å². The average molecular weight is 564 g/mol. The topological polar surface area (TPSA) is 91.9 Å². The fourth-order valence-electron chi connectivity index (χ4n) is 4.67. The van der Waals surface area contributed by atoms with Crippen molar-refractivity contribution in [1.29, 1.82) is 0 Å². The Morgan fingerprint density at radius 3 is 2.26 bits per heavy atom. The number of carbonyl (C=O) groups is 1. The van der Waals surface area contributed by atoms with Crippen LogP contribution >= 0.6 is 0 Å². The first-order valence-corrected chi connectivity index (χ1v) is 13.9. The Labute approximate surface area is 249 Å². The Hall–Kier alpha value is -5.95. The van der Waals surface area contributed by atoms with E-state index in [0.29, 0.717) is 17.3 Å². The number of amides is 1.